The highest BCUT2D eigenvalue weighted by Crippen LogP contribution is 2.40. The van der Waals surface area contributed by atoms with Gasteiger partial charge in [0.05, 0.1) is 23.2 Å². The third-order valence-electron chi connectivity index (χ3n) is 4.55. The zero-order chi connectivity index (χ0) is 19.4. The van der Waals surface area contributed by atoms with E-state index in [1.807, 2.05) is 31.2 Å². The molecule has 1 aromatic heterocycles. The maximum absolute atomic E-state index is 13.2. The molecular formula is C20H23BrN2O3S. The molecule has 144 valence electrons. The van der Waals surface area contributed by atoms with E-state index in [0.717, 1.165) is 24.8 Å². The molecule has 1 heterocycles. The van der Waals surface area contributed by atoms with Crippen molar-refractivity contribution in [2.45, 2.75) is 33.1 Å². The van der Waals surface area contributed by atoms with Gasteiger partial charge in [0.15, 0.2) is 0 Å². The van der Waals surface area contributed by atoms with Crippen molar-refractivity contribution in [3.05, 3.63) is 40.3 Å². The summed E-state index contributed by atoms with van der Waals surface area (Å²) in [5, 5.41) is 6.67. The van der Waals surface area contributed by atoms with Gasteiger partial charge in [0.1, 0.15) is 10.8 Å². The van der Waals surface area contributed by atoms with Crippen LogP contribution in [0.5, 0.6) is 5.75 Å². The SMILES string of the molecule is CCOc1ccccc1NC(=O)c1c(NC(=O)CBr)sc2c1CC[C@H](C)C2. The van der Waals surface area contributed by atoms with Crippen LogP contribution in [0.15, 0.2) is 24.3 Å². The second kappa shape index (κ2) is 8.89. The maximum Gasteiger partial charge on any atom is 0.259 e. The Morgan fingerprint density at radius 1 is 1.30 bits per heavy atom. The number of rotatable bonds is 6. The number of nitrogens with one attached hydrogen (secondary N) is 2. The molecule has 0 radical (unpaired) electrons. The van der Waals surface area contributed by atoms with Crippen LogP contribution in [0, 0.1) is 5.92 Å². The quantitative estimate of drug-likeness (QED) is 0.617. The Bertz CT molecular complexity index is 850. The summed E-state index contributed by atoms with van der Waals surface area (Å²) in [5.74, 6) is 0.854. The summed E-state index contributed by atoms with van der Waals surface area (Å²) >= 11 is 4.69. The smallest absolute Gasteiger partial charge is 0.259 e. The lowest BCUT2D eigenvalue weighted by Crippen LogP contribution is -2.20. The number of halogens is 1. The Morgan fingerprint density at radius 2 is 2.07 bits per heavy atom. The van der Waals surface area contributed by atoms with E-state index in [-0.39, 0.29) is 17.1 Å². The Kier molecular flexibility index (Phi) is 6.55. The number of alkyl halides is 1. The van der Waals surface area contributed by atoms with Crippen LogP contribution in [0.25, 0.3) is 0 Å². The average Bonchev–Trinajstić information content (AvgIpc) is 3.00. The highest BCUT2D eigenvalue weighted by atomic mass is 79.9. The molecule has 0 bridgehead atoms. The van der Waals surface area contributed by atoms with Gasteiger partial charge >= 0.3 is 0 Å². The van der Waals surface area contributed by atoms with Crippen LogP contribution >= 0.6 is 27.3 Å². The molecule has 1 aromatic carbocycles. The fraction of sp³-hybridized carbons (Fsp3) is 0.400. The minimum absolute atomic E-state index is 0.162. The molecule has 2 amide bonds. The lowest BCUT2D eigenvalue weighted by molar-refractivity contribution is -0.113. The van der Waals surface area contributed by atoms with Gasteiger partial charge in [-0.2, -0.15) is 0 Å². The molecule has 0 unspecified atom stereocenters. The van der Waals surface area contributed by atoms with Gasteiger partial charge in [-0.3, -0.25) is 9.59 Å². The number of carbonyl (C=O) groups excluding carboxylic acids is 2. The number of amides is 2. The molecule has 3 rings (SSSR count). The summed E-state index contributed by atoms with van der Waals surface area (Å²) < 4.78 is 5.61. The fourth-order valence-electron chi connectivity index (χ4n) is 3.28. The molecule has 1 aliphatic rings. The first kappa shape index (κ1) is 19.9. The summed E-state index contributed by atoms with van der Waals surface area (Å²) in [4.78, 5) is 26.3. The van der Waals surface area contributed by atoms with E-state index in [2.05, 4.69) is 33.5 Å². The molecule has 0 spiro atoms. The number of hydrogen-bond acceptors (Lipinski definition) is 4. The van der Waals surface area contributed by atoms with Crippen molar-refractivity contribution >= 4 is 49.8 Å². The Hall–Kier alpha value is -1.86. The van der Waals surface area contributed by atoms with Crippen molar-refractivity contribution in [2.75, 3.05) is 22.6 Å². The van der Waals surface area contributed by atoms with Crippen LogP contribution in [-0.4, -0.2) is 23.8 Å². The van der Waals surface area contributed by atoms with E-state index in [0.29, 0.717) is 34.5 Å². The van der Waals surface area contributed by atoms with Gasteiger partial charge < -0.3 is 15.4 Å². The van der Waals surface area contributed by atoms with Crippen LogP contribution in [0.4, 0.5) is 10.7 Å². The van der Waals surface area contributed by atoms with Crippen LogP contribution in [0.1, 0.15) is 41.1 Å². The first-order chi connectivity index (χ1) is 13.0. The first-order valence-electron chi connectivity index (χ1n) is 9.07. The third-order valence-corrected chi connectivity index (χ3v) is 6.23. The molecule has 1 atom stereocenters. The lowest BCUT2D eigenvalue weighted by Gasteiger charge is -2.19. The van der Waals surface area contributed by atoms with Crippen LogP contribution in [0.2, 0.25) is 0 Å². The lowest BCUT2D eigenvalue weighted by atomic mass is 9.88. The third kappa shape index (κ3) is 4.52. The number of para-hydroxylation sites is 2. The highest BCUT2D eigenvalue weighted by molar-refractivity contribution is 9.09. The number of fused-ring (bicyclic) bond motifs is 1. The molecule has 0 saturated heterocycles. The normalized spacial score (nSPS) is 15.7. The van der Waals surface area contributed by atoms with E-state index in [9.17, 15) is 9.59 Å². The van der Waals surface area contributed by atoms with Gasteiger partial charge in [-0.1, -0.05) is 35.0 Å². The van der Waals surface area contributed by atoms with Gasteiger partial charge in [0.25, 0.3) is 5.91 Å². The molecule has 1 aliphatic carbocycles. The zero-order valence-corrected chi connectivity index (χ0v) is 17.8. The van der Waals surface area contributed by atoms with Crippen LogP contribution in [-0.2, 0) is 17.6 Å². The fourth-order valence-corrected chi connectivity index (χ4v) is 4.84. The number of carbonyl (C=O) groups is 2. The predicted molar refractivity (Wildman–Crippen MR) is 113 cm³/mol. The topological polar surface area (TPSA) is 67.4 Å². The molecule has 5 nitrogen and oxygen atoms in total. The van der Waals surface area contributed by atoms with Crippen molar-refractivity contribution in [1.29, 1.82) is 0 Å². The van der Waals surface area contributed by atoms with Crippen LogP contribution < -0.4 is 15.4 Å². The summed E-state index contributed by atoms with van der Waals surface area (Å²) in [6, 6.07) is 7.38. The number of hydrogen-bond donors (Lipinski definition) is 2. The van der Waals surface area contributed by atoms with E-state index in [1.54, 1.807) is 0 Å². The van der Waals surface area contributed by atoms with Gasteiger partial charge in [0.2, 0.25) is 5.91 Å². The van der Waals surface area contributed by atoms with Gasteiger partial charge in [-0.25, -0.2) is 0 Å². The molecule has 0 fully saturated rings. The number of anilines is 2. The van der Waals surface area contributed by atoms with Crippen molar-refractivity contribution in [3.8, 4) is 5.75 Å². The maximum atomic E-state index is 13.2. The molecular weight excluding hydrogens is 428 g/mol. The first-order valence-corrected chi connectivity index (χ1v) is 11.0. The highest BCUT2D eigenvalue weighted by Gasteiger charge is 2.28. The van der Waals surface area contributed by atoms with Crippen molar-refractivity contribution in [3.63, 3.8) is 0 Å². The molecule has 7 heteroatoms. The second-order valence-corrected chi connectivity index (χ2v) is 8.29. The van der Waals surface area contributed by atoms with Crippen LogP contribution in [0.3, 0.4) is 0 Å². The van der Waals surface area contributed by atoms with Crippen molar-refractivity contribution in [1.82, 2.24) is 0 Å². The Balaban J connectivity index is 1.94. The second-order valence-electron chi connectivity index (χ2n) is 6.62. The van der Waals surface area contributed by atoms with E-state index >= 15 is 0 Å². The minimum atomic E-state index is -0.209. The van der Waals surface area contributed by atoms with E-state index in [1.165, 1.54) is 16.2 Å². The summed E-state index contributed by atoms with van der Waals surface area (Å²) in [6.45, 7) is 4.64. The summed E-state index contributed by atoms with van der Waals surface area (Å²) in [6.07, 6.45) is 2.85. The predicted octanol–water partition coefficient (Wildman–Crippen LogP) is 4.86. The van der Waals surface area contributed by atoms with Crippen molar-refractivity contribution in [2.24, 2.45) is 5.92 Å². The monoisotopic (exact) mass is 450 g/mol. The minimum Gasteiger partial charge on any atom is -0.492 e. The largest absolute Gasteiger partial charge is 0.492 e. The van der Waals surface area contributed by atoms with Gasteiger partial charge in [-0.05, 0) is 49.8 Å². The van der Waals surface area contributed by atoms with E-state index in [4.69, 9.17) is 4.74 Å². The van der Waals surface area contributed by atoms with E-state index < -0.39 is 0 Å². The number of thiophene rings is 1. The Morgan fingerprint density at radius 3 is 2.81 bits per heavy atom. The zero-order valence-electron chi connectivity index (χ0n) is 15.4. The molecule has 0 aliphatic heterocycles. The molecule has 0 saturated carbocycles. The molecule has 2 N–H and O–H groups in total. The Labute approximate surface area is 171 Å². The summed E-state index contributed by atoms with van der Waals surface area (Å²) in [5.41, 5.74) is 2.28. The standard InChI is InChI=1S/C20H23BrN2O3S/c1-3-26-15-7-5-4-6-14(15)22-19(25)18-13-9-8-12(2)10-16(13)27-20(18)23-17(24)11-21/h4-7,12H,3,8-11H2,1-2H3,(H,22,25)(H,23,24)/t12-/m0/s1. The summed E-state index contributed by atoms with van der Waals surface area (Å²) in [7, 11) is 0. The van der Waals surface area contributed by atoms with Gasteiger partial charge in [-0.15, -0.1) is 11.3 Å². The van der Waals surface area contributed by atoms with Gasteiger partial charge in [0, 0.05) is 4.88 Å². The average molecular weight is 451 g/mol. The van der Waals surface area contributed by atoms with Crippen molar-refractivity contribution < 1.29 is 14.3 Å². The molecule has 2 aromatic rings. The number of benzene rings is 1. The molecule has 27 heavy (non-hydrogen) atoms. The number of ether oxygens (including phenoxy) is 1.